The third kappa shape index (κ3) is 6.19. The summed E-state index contributed by atoms with van der Waals surface area (Å²) in [6.45, 7) is 11.0. The molecule has 0 unspecified atom stereocenters. The molecule has 4 rings (SSSR count). The molecule has 4 aromatic rings. The highest BCUT2D eigenvalue weighted by Crippen LogP contribution is 2.31. The molecule has 2 aromatic carbocycles. The summed E-state index contributed by atoms with van der Waals surface area (Å²) in [5, 5.41) is 5.81. The fourth-order valence-corrected chi connectivity index (χ4v) is 4.25. The second kappa shape index (κ2) is 11.5. The molecule has 0 aliphatic carbocycles. The lowest BCUT2D eigenvalue weighted by atomic mass is 10.0. The number of rotatable bonds is 9. The van der Waals surface area contributed by atoms with Gasteiger partial charge in [-0.05, 0) is 23.0 Å². The Morgan fingerprint density at radius 1 is 0.605 bits per heavy atom. The van der Waals surface area contributed by atoms with Crippen molar-refractivity contribution in [2.75, 3.05) is 0 Å². The topological polar surface area (TPSA) is 110 Å². The maximum atomic E-state index is 11.6. The molecule has 0 saturated carbocycles. The van der Waals surface area contributed by atoms with E-state index in [1.54, 1.807) is 12.4 Å². The molecule has 0 aliphatic heterocycles. The maximum Gasteiger partial charge on any atom is 0.217 e. The zero-order valence-corrected chi connectivity index (χ0v) is 22.6. The van der Waals surface area contributed by atoms with Gasteiger partial charge in [-0.1, -0.05) is 76.2 Å². The molecule has 0 aliphatic rings. The van der Waals surface area contributed by atoms with Crippen LogP contribution in [0, 0.1) is 11.8 Å². The minimum absolute atomic E-state index is 0.118. The van der Waals surface area contributed by atoms with E-state index < -0.39 is 0 Å². The van der Waals surface area contributed by atoms with E-state index in [1.165, 1.54) is 13.8 Å². The first kappa shape index (κ1) is 26.9. The number of nitrogens with one attached hydrogen (secondary N) is 2. The minimum Gasteiger partial charge on any atom is -0.438 e. The summed E-state index contributed by atoms with van der Waals surface area (Å²) in [5.41, 5.74) is 3.93. The molecule has 2 aromatic heterocycles. The van der Waals surface area contributed by atoms with Crippen molar-refractivity contribution in [2.45, 2.75) is 53.6 Å². The van der Waals surface area contributed by atoms with Gasteiger partial charge in [0.15, 0.2) is 11.5 Å². The maximum absolute atomic E-state index is 11.6. The summed E-state index contributed by atoms with van der Waals surface area (Å²) in [5.74, 6) is 2.35. The quantitative estimate of drug-likeness (QED) is 0.270. The van der Waals surface area contributed by atoms with E-state index >= 15 is 0 Å². The van der Waals surface area contributed by atoms with Crippen LogP contribution in [0.1, 0.15) is 65.4 Å². The van der Waals surface area contributed by atoms with Crippen LogP contribution in [0.25, 0.3) is 33.8 Å². The Morgan fingerprint density at radius 3 is 1.21 bits per heavy atom. The Labute approximate surface area is 222 Å². The predicted octanol–water partition coefficient (Wildman–Crippen LogP) is 6.33. The summed E-state index contributed by atoms with van der Waals surface area (Å²) in [6, 6.07) is 15.6. The predicted molar refractivity (Wildman–Crippen MR) is 146 cm³/mol. The number of carbonyl (C=O) groups is 2. The Morgan fingerprint density at radius 2 is 0.921 bits per heavy atom. The Kier molecular flexibility index (Phi) is 8.10. The van der Waals surface area contributed by atoms with Crippen molar-refractivity contribution in [3.8, 4) is 33.8 Å². The molecule has 38 heavy (non-hydrogen) atoms. The normalized spacial score (nSPS) is 12.9. The highest BCUT2D eigenvalue weighted by molar-refractivity contribution is 5.74. The van der Waals surface area contributed by atoms with Crippen LogP contribution in [0.4, 0.5) is 0 Å². The molecule has 0 bridgehead atoms. The van der Waals surface area contributed by atoms with Crippen molar-refractivity contribution < 1.29 is 18.4 Å². The molecule has 0 fully saturated rings. The molecular formula is C30H34N4O4. The lowest BCUT2D eigenvalue weighted by Gasteiger charge is -2.18. The number of aromatic nitrogens is 2. The monoisotopic (exact) mass is 514 g/mol. The number of nitrogens with zero attached hydrogens (tertiary/aromatic N) is 2. The SMILES string of the molecule is CC(=O)N[C@H](c1ncc(-c2ccc(-c3ccc(-c4cnc([C@@H](NC(C)=O)C(C)C)o4)cc3)cc2)o1)C(C)C. The van der Waals surface area contributed by atoms with Crippen LogP contribution in [-0.2, 0) is 9.59 Å². The zero-order chi connectivity index (χ0) is 27.4. The van der Waals surface area contributed by atoms with Gasteiger partial charge in [-0.15, -0.1) is 0 Å². The first-order valence-electron chi connectivity index (χ1n) is 12.8. The minimum atomic E-state index is -0.277. The van der Waals surface area contributed by atoms with E-state index in [9.17, 15) is 9.59 Å². The van der Waals surface area contributed by atoms with Crippen LogP contribution in [0.3, 0.4) is 0 Å². The fraction of sp³-hybridized carbons (Fsp3) is 0.333. The lowest BCUT2D eigenvalue weighted by molar-refractivity contribution is -0.121. The van der Waals surface area contributed by atoms with Gasteiger partial charge < -0.3 is 19.5 Å². The highest BCUT2D eigenvalue weighted by atomic mass is 16.4. The van der Waals surface area contributed by atoms with Crippen LogP contribution >= 0.6 is 0 Å². The Hall–Kier alpha value is -4.20. The first-order chi connectivity index (χ1) is 18.1. The average molecular weight is 515 g/mol. The van der Waals surface area contributed by atoms with Crippen molar-refractivity contribution in [1.82, 2.24) is 20.6 Å². The molecule has 0 spiro atoms. The molecule has 0 saturated heterocycles. The third-order valence-corrected chi connectivity index (χ3v) is 6.30. The molecule has 8 nitrogen and oxygen atoms in total. The van der Waals surface area contributed by atoms with Gasteiger partial charge in [0.1, 0.15) is 12.1 Å². The van der Waals surface area contributed by atoms with Gasteiger partial charge in [0.25, 0.3) is 0 Å². The van der Waals surface area contributed by atoms with Gasteiger partial charge >= 0.3 is 0 Å². The van der Waals surface area contributed by atoms with Crippen LogP contribution in [0.15, 0.2) is 69.8 Å². The van der Waals surface area contributed by atoms with E-state index in [0.717, 1.165) is 22.3 Å². The number of hydrogen-bond acceptors (Lipinski definition) is 6. The van der Waals surface area contributed by atoms with Crippen molar-refractivity contribution in [2.24, 2.45) is 11.8 Å². The summed E-state index contributed by atoms with van der Waals surface area (Å²) >= 11 is 0. The lowest BCUT2D eigenvalue weighted by Crippen LogP contribution is -2.29. The van der Waals surface area contributed by atoms with E-state index in [4.69, 9.17) is 8.83 Å². The molecule has 2 heterocycles. The smallest absolute Gasteiger partial charge is 0.217 e. The van der Waals surface area contributed by atoms with Gasteiger partial charge in [0.05, 0.1) is 12.4 Å². The summed E-state index contributed by atoms with van der Waals surface area (Å²) < 4.78 is 12.0. The summed E-state index contributed by atoms with van der Waals surface area (Å²) in [4.78, 5) is 31.9. The van der Waals surface area contributed by atoms with Gasteiger partial charge in [-0.2, -0.15) is 0 Å². The standard InChI is InChI=1S/C30H34N4O4/c1-17(2)27(33-19(5)35)29-31-15-25(37-29)23-11-7-21(8-12-23)22-9-13-24(14-10-22)26-16-32-30(38-26)28(18(3)4)34-20(6)36/h7-18,27-28H,1-6H3,(H,33,35)(H,34,36)/t27-,28-/m0/s1. The fourth-order valence-electron chi connectivity index (χ4n) is 4.25. The number of oxazole rings is 2. The number of benzene rings is 2. The molecule has 8 heteroatoms. The first-order valence-corrected chi connectivity index (χ1v) is 12.8. The third-order valence-electron chi connectivity index (χ3n) is 6.30. The average Bonchev–Trinajstić information content (AvgIpc) is 3.56. The molecule has 2 N–H and O–H groups in total. The Balaban J connectivity index is 1.48. The van der Waals surface area contributed by atoms with Crippen molar-refractivity contribution in [1.29, 1.82) is 0 Å². The molecule has 2 atom stereocenters. The van der Waals surface area contributed by atoms with Gasteiger partial charge in [0, 0.05) is 25.0 Å². The largest absolute Gasteiger partial charge is 0.438 e. The second-order valence-electron chi connectivity index (χ2n) is 10.1. The van der Waals surface area contributed by atoms with Crippen molar-refractivity contribution in [3.63, 3.8) is 0 Å². The van der Waals surface area contributed by atoms with E-state index in [0.29, 0.717) is 23.3 Å². The van der Waals surface area contributed by atoms with Gasteiger partial charge in [-0.25, -0.2) is 9.97 Å². The van der Waals surface area contributed by atoms with Gasteiger partial charge in [0.2, 0.25) is 23.6 Å². The van der Waals surface area contributed by atoms with E-state index in [1.807, 2.05) is 76.2 Å². The summed E-state index contributed by atoms with van der Waals surface area (Å²) in [7, 11) is 0. The van der Waals surface area contributed by atoms with Crippen LogP contribution in [0.5, 0.6) is 0 Å². The number of carbonyl (C=O) groups excluding carboxylic acids is 2. The molecule has 198 valence electrons. The van der Waals surface area contributed by atoms with Gasteiger partial charge in [-0.3, -0.25) is 9.59 Å². The zero-order valence-electron chi connectivity index (χ0n) is 22.6. The number of hydrogen-bond donors (Lipinski definition) is 2. The van der Waals surface area contributed by atoms with Crippen molar-refractivity contribution in [3.05, 3.63) is 72.7 Å². The van der Waals surface area contributed by atoms with Crippen LogP contribution in [0.2, 0.25) is 0 Å². The number of amides is 2. The molecular weight excluding hydrogens is 480 g/mol. The molecule has 2 amide bonds. The van der Waals surface area contributed by atoms with E-state index in [2.05, 4.69) is 20.6 Å². The second-order valence-corrected chi connectivity index (χ2v) is 10.1. The van der Waals surface area contributed by atoms with Crippen molar-refractivity contribution >= 4 is 11.8 Å². The van der Waals surface area contributed by atoms with Crippen LogP contribution < -0.4 is 10.6 Å². The Bertz CT molecular complexity index is 1280. The highest BCUT2D eigenvalue weighted by Gasteiger charge is 2.23. The molecule has 0 radical (unpaired) electrons. The summed E-state index contributed by atoms with van der Waals surface area (Å²) in [6.07, 6.45) is 3.38. The van der Waals surface area contributed by atoms with E-state index in [-0.39, 0.29) is 35.7 Å². The van der Waals surface area contributed by atoms with Crippen LogP contribution in [-0.4, -0.2) is 21.8 Å².